The van der Waals surface area contributed by atoms with Gasteiger partial charge in [0.05, 0.1) is 0 Å². The van der Waals surface area contributed by atoms with Gasteiger partial charge in [0.1, 0.15) is 0 Å². The number of carbonyl (C=O) groups excluding carboxylic acids is 1. The molecule has 2 heterocycles. The number of likely N-dealkylation sites (tertiary alicyclic amines) is 1. The largest absolute Gasteiger partial charge is 0.369 e. The third-order valence-electron chi connectivity index (χ3n) is 5.99. The maximum Gasteiger partial charge on any atom is 0.253 e. The van der Waals surface area contributed by atoms with Crippen molar-refractivity contribution in [1.82, 2.24) is 9.80 Å². The van der Waals surface area contributed by atoms with Crippen LogP contribution < -0.4 is 4.90 Å². The second-order valence-electron chi connectivity index (χ2n) is 8.00. The SMILES string of the molecule is O=C(c1ccc(CN2CCN(c3ccccc3)CC2)cc1)N1CCCCCC1. The maximum atomic E-state index is 12.7. The summed E-state index contributed by atoms with van der Waals surface area (Å²) in [5, 5.41) is 0. The molecule has 4 nitrogen and oxygen atoms in total. The minimum absolute atomic E-state index is 0.199. The smallest absolute Gasteiger partial charge is 0.253 e. The van der Waals surface area contributed by atoms with E-state index in [9.17, 15) is 4.79 Å². The van der Waals surface area contributed by atoms with E-state index in [0.29, 0.717) is 0 Å². The lowest BCUT2D eigenvalue weighted by Crippen LogP contribution is -2.45. The topological polar surface area (TPSA) is 26.8 Å². The molecule has 2 fully saturated rings. The van der Waals surface area contributed by atoms with Crippen LogP contribution in [0.3, 0.4) is 0 Å². The van der Waals surface area contributed by atoms with E-state index in [0.717, 1.165) is 64.2 Å². The quantitative estimate of drug-likeness (QED) is 0.805. The first kappa shape index (κ1) is 19.0. The van der Waals surface area contributed by atoms with Gasteiger partial charge in [0.15, 0.2) is 0 Å². The molecule has 2 aliphatic rings. The molecule has 0 bridgehead atoms. The minimum Gasteiger partial charge on any atom is -0.369 e. The van der Waals surface area contributed by atoms with Gasteiger partial charge in [-0.2, -0.15) is 0 Å². The molecule has 0 atom stereocenters. The third-order valence-corrected chi connectivity index (χ3v) is 5.99. The van der Waals surface area contributed by atoms with Gasteiger partial charge in [-0.25, -0.2) is 0 Å². The highest BCUT2D eigenvalue weighted by Crippen LogP contribution is 2.18. The van der Waals surface area contributed by atoms with Crippen molar-refractivity contribution >= 4 is 11.6 Å². The molecule has 4 rings (SSSR count). The number of carbonyl (C=O) groups is 1. The van der Waals surface area contributed by atoms with Gasteiger partial charge in [0.25, 0.3) is 5.91 Å². The molecule has 4 heteroatoms. The Bertz CT molecular complexity index is 743. The van der Waals surface area contributed by atoms with Crippen LogP contribution in [0, 0.1) is 0 Å². The van der Waals surface area contributed by atoms with Crippen LogP contribution in [0.2, 0.25) is 0 Å². The molecule has 148 valence electrons. The molecule has 0 aliphatic carbocycles. The van der Waals surface area contributed by atoms with Crippen LogP contribution in [0.25, 0.3) is 0 Å². The predicted molar refractivity (Wildman–Crippen MR) is 115 cm³/mol. The van der Waals surface area contributed by atoms with E-state index in [4.69, 9.17) is 0 Å². The number of rotatable bonds is 4. The molecule has 2 aromatic carbocycles. The Morgan fingerprint density at radius 2 is 1.36 bits per heavy atom. The second kappa shape index (κ2) is 9.24. The number of anilines is 1. The summed E-state index contributed by atoms with van der Waals surface area (Å²) in [5.74, 6) is 0.199. The Kier molecular flexibility index (Phi) is 6.27. The summed E-state index contributed by atoms with van der Waals surface area (Å²) in [6, 6.07) is 19.0. The number of hydrogen-bond donors (Lipinski definition) is 0. The summed E-state index contributed by atoms with van der Waals surface area (Å²) in [7, 11) is 0. The van der Waals surface area contributed by atoms with Crippen molar-refractivity contribution in [3.05, 3.63) is 65.7 Å². The van der Waals surface area contributed by atoms with Gasteiger partial charge in [-0.3, -0.25) is 9.69 Å². The monoisotopic (exact) mass is 377 g/mol. The van der Waals surface area contributed by atoms with E-state index >= 15 is 0 Å². The molecule has 0 radical (unpaired) electrons. The zero-order chi connectivity index (χ0) is 19.2. The Morgan fingerprint density at radius 1 is 0.714 bits per heavy atom. The van der Waals surface area contributed by atoms with Gasteiger partial charge in [0, 0.05) is 57.1 Å². The Balaban J connectivity index is 1.29. The molecule has 0 saturated carbocycles. The summed E-state index contributed by atoms with van der Waals surface area (Å²) >= 11 is 0. The first-order valence-electron chi connectivity index (χ1n) is 10.7. The summed E-state index contributed by atoms with van der Waals surface area (Å²) in [4.78, 5) is 19.7. The molecule has 0 unspecified atom stereocenters. The summed E-state index contributed by atoms with van der Waals surface area (Å²) in [6.07, 6.45) is 4.78. The average Bonchev–Trinajstić information content (AvgIpc) is 3.05. The molecule has 28 heavy (non-hydrogen) atoms. The minimum atomic E-state index is 0.199. The molecule has 2 saturated heterocycles. The van der Waals surface area contributed by atoms with Crippen molar-refractivity contribution < 1.29 is 4.79 Å². The summed E-state index contributed by atoms with van der Waals surface area (Å²) in [5.41, 5.74) is 3.44. The third kappa shape index (κ3) is 4.74. The summed E-state index contributed by atoms with van der Waals surface area (Å²) in [6.45, 7) is 7.05. The Labute approximate surface area is 168 Å². The van der Waals surface area contributed by atoms with Crippen molar-refractivity contribution in [2.45, 2.75) is 32.2 Å². The van der Waals surface area contributed by atoms with Crippen molar-refractivity contribution in [2.75, 3.05) is 44.2 Å². The van der Waals surface area contributed by atoms with Crippen LogP contribution in [-0.4, -0.2) is 55.0 Å². The molecule has 0 aromatic heterocycles. The van der Waals surface area contributed by atoms with Gasteiger partial charge >= 0.3 is 0 Å². The van der Waals surface area contributed by atoms with Gasteiger partial charge < -0.3 is 9.80 Å². The number of amides is 1. The highest BCUT2D eigenvalue weighted by Gasteiger charge is 2.19. The van der Waals surface area contributed by atoms with E-state index in [1.165, 1.54) is 24.1 Å². The standard InChI is InChI=1S/C24H31N3O/c28-24(27-14-6-1-2-7-15-27)22-12-10-21(11-13-22)20-25-16-18-26(19-17-25)23-8-4-3-5-9-23/h3-5,8-13H,1-2,6-7,14-20H2. The van der Waals surface area contributed by atoms with Crippen LogP contribution in [0.5, 0.6) is 0 Å². The van der Waals surface area contributed by atoms with Crippen molar-refractivity contribution in [2.24, 2.45) is 0 Å². The van der Waals surface area contributed by atoms with Crippen LogP contribution in [-0.2, 0) is 6.54 Å². The van der Waals surface area contributed by atoms with E-state index in [1.807, 2.05) is 17.0 Å². The van der Waals surface area contributed by atoms with Gasteiger partial charge in [-0.1, -0.05) is 43.2 Å². The first-order chi connectivity index (χ1) is 13.8. The molecular formula is C24H31N3O. The van der Waals surface area contributed by atoms with E-state index < -0.39 is 0 Å². The number of piperazine rings is 1. The van der Waals surface area contributed by atoms with Gasteiger partial charge in [-0.15, -0.1) is 0 Å². The lowest BCUT2D eigenvalue weighted by molar-refractivity contribution is 0.0761. The zero-order valence-corrected chi connectivity index (χ0v) is 16.7. The number of para-hydroxylation sites is 1. The average molecular weight is 378 g/mol. The predicted octanol–water partition coefficient (Wildman–Crippen LogP) is 4.03. The first-order valence-corrected chi connectivity index (χ1v) is 10.7. The van der Waals surface area contributed by atoms with Crippen molar-refractivity contribution in [3.8, 4) is 0 Å². The maximum absolute atomic E-state index is 12.7. The van der Waals surface area contributed by atoms with Crippen LogP contribution in [0.1, 0.15) is 41.6 Å². The van der Waals surface area contributed by atoms with Gasteiger partial charge in [0.2, 0.25) is 0 Å². The number of nitrogens with zero attached hydrogens (tertiary/aromatic N) is 3. The second-order valence-corrected chi connectivity index (χ2v) is 8.00. The fourth-order valence-corrected chi connectivity index (χ4v) is 4.27. The number of benzene rings is 2. The van der Waals surface area contributed by atoms with Crippen LogP contribution in [0.15, 0.2) is 54.6 Å². The fourth-order valence-electron chi connectivity index (χ4n) is 4.27. The van der Waals surface area contributed by atoms with Crippen molar-refractivity contribution in [3.63, 3.8) is 0 Å². The normalized spacial score (nSPS) is 18.7. The van der Waals surface area contributed by atoms with Gasteiger partial charge in [-0.05, 0) is 42.7 Å². The Hall–Kier alpha value is -2.33. The summed E-state index contributed by atoms with van der Waals surface area (Å²) < 4.78 is 0. The van der Waals surface area contributed by atoms with E-state index in [2.05, 4.69) is 52.3 Å². The van der Waals surface area contributed by atoms with E-state index in [1.54, 1.807) is 0 Å². The molecule has 1 amide bonds. The van der Waals surface area contributed by atoms with E-state index in [-0.39, 0.29) is 5.91 Å². The molecule has 0 spiro atoms. The molecular weight excluding hydrogens is 346 g/mol. The number of hydrogen-bond acceptors (Lipinski definition) is 3. The van der Waals surface area contributed by atoms with Crippen LogP contribution in [0.4, 0.5) is 5.69 Å². The fraction of sp³-hybridized carbons (Fsp3) is 0.458. The van der Waals surface area contributed by atoms with Crippen LogP contribution >= 0.6 is 0 Å². The lowest BCUT2D eigenvalue weighted by atomic mass is 10.1. The molecule has 2 aliphatic heterocycles. The van der Waals surface area contributed by atoms with Crippen molar-refractivity contribution in [1.29, 1.82) is 0 Å². The highest BCUT2D eigenvalue weighted by atomic mass is 16.2. The molecule has 2 aromatic rings. The lowest BCUT2D eigenvalue weighted by Gasteiger charge is -2.36. The Morgan fingerprint density at radius 3 is 2.00 bits per heavy atom. The highest BCUT2D eigenvalue weighted by molar-refractivity contribution is 5.94. The molecule has 0 N–H and O–H groups in total. The zero-order valence-electron chi connectivity index (χ0n) is 16.7.